The number of carbonyl (C=O) groups excluding carboxylic acids is 2. The number of rotatable bonds is 4. The van der Waals surface area contributed by atoms with Gasteiger partial charge in [-0.3, -0.25) is 9.59 Å². The number of methoxy groups -OCH3 is 2. The molecule has 0 aromatic carbocycles. The van der Waals surface area contributed by atoms with Crippen molar-refractivity contribution in [2.75, 3.05) is 27.4 Å². The molecule has 4 aliphatic rings. The standard InChI is InChI=1S/C15H20O6/c1-8(16)9-7-12-11(14-20-4-5-21-14)6-10(9)13(17)15(12,18-2)19-3/h6,9-10,12,14H,4-5,7H2,1-3H3/t9-,10+,12+/m1/s1. The van der Waals surface area contributed by atoms with Crippen LogP contribution in [0.4, 0.5) is 0 Å². The first-order valence-electron chi connectivity index (χ1n) is 7.15. The molecule has 0 aromatic heterocycles. The van der Waals surface area contributed by atoms with Crippen LogP contribution in [-0.4, -0.2) is 51.1 Å². The minimum Gasteiger partial charge on any atom is -0.347 e. The SMILES string of the molecule is COC1(OC)C(=O)[C@H]2C=C(C3OCCO3)[C@@H]1C[C@@H]2C(C)=O. The first-order chi connectivity index (χ1) is 10.0. The van der Waals surface area contributed by atoms with Crippen LogP contribution in [-0.2, 0) is 28.5 Å². The van der Waals surface area contributed by atoms with E-state index in [-0.39, 0.29) is 23.4 Å². The Bertz CT molecular complexity index is 486. The van der Waals surface area contributed by atoms with Crippen LogP contribution in [0.5, 0.6) is 0 Å². The van der Waals surface area contributed by atoms with E-state index in [0.29, 0.717) is 19.6 Å². The molecule has 6 nitrogen and oxygen atoms in total. The van der Waals surface area contributed by atoms with Crippen molar-refractivity contribution in [3.8, 4) is 0 Å². The summed E-state index contributed by atoms with van der Waals surface area (Å²) in [5.41, 5.74) is 0.860. The van der Waals surface area contributed by atoms with Gasteiger partial charge in [-0.15, -0.1) is 0 Å². The molecule has 1 aliphatic heterocycles. The average Bonchev–Trinajstić information content (AvgIpc) is 3.02. The lowest BCUT2D eigenvalue weighted by Crippen LogP contribution is -2.62. The van der Waals surface area contributed by atoms with Gasteiger partial charge in [-0.2, -0.15) is 0 Å². The number of ether oxygens (including phenoxy) is 4. The molecule has 0 radical (unpaired) electrons. The summed E-state index contributed by atoms with van der Waals surface area (Å²) in [6.45, 7) is 2.57. The summed E-state index contributed by atoms with van der Waals surface area (Å²) in [5.74, 6) is -2.72. The topological polar surface area (TPSA) is 71.1 Å². The van der Waals surface area contributed by atoms with E-state index < -0.39 is 18.0 Å². The van der Waals surface area contributed by atoms with Crippen molar-refractivity contribution in [1.29, 1.82) is 0 Å². The number of ketones is 2. The van der Waals surface area contributed by atoms with Gasteiger partial charge in [0.2, 0.25) is 5.79 Å². The lowest BCUT2D eigenvalue weighted by molar-refractivity contribution is -0.245. The van der Waals surface area contributed by atoms with Gasteiger partial charge in [-0.05, 0) is 18.9 Å². The molecule has 2 bridgehead atoms. The number of hydrogen-bond donors (Lipinski definition) is 0. The summed E-state index contributed by atoms with van der Waals surface area (Å²) in [7, 11) is 2.91. The quantitative estimate of drug-likeness (QED) is 0.562. The fraction of sp³-hybridized carbons (Fsp3) is 0.733. The highest BCUT2D eigenvalue weighted by molar-refractivity contribution is 5.97. The molecule has 2 fully saturated rings. The molecule has 0 unspecified atom stereocenters. The summed E-state index contributed by atoms with van der Waals surface area (Å²) in [5, 5.41) is 0. The maximum absolute atomic E-state index is 12.7. The molecular formula is C15H20O6. The van der Waals surface area contributed by atoms with Crippen LogP contribution < -0.4 is 0 Å². The summed E-state index contributed by atoms with van der Waals surface area (Å²) >= 11 is 0. The minimum atomic E-state index is -1.34. The van der Waals surface area contributed by atoms with E-state index in [0.717, 1.165) is 5.57 Å². The van der Waals surface area contributed by atoms with E-state index in [1.807, 2.05) is 6.08 Å². The van der Waals surface area contributed by atoms with Gasteiger partial charge in [0.15, 0.2) is 12.1 Å². The molecule has 0 aromatic rings. The molecule has 1 saturated carbocycles. The Morgan fingerprint density at radius 2 is 1.90 bits per heavy atom. The van der Waals surface area contributed by atoms with Crippen LogP contribution in [0.25, 0.3) is 0 Å². The zero-order chi connectivity index (χ0) is 15.2. The second kappa shape index (κ2) is 5.28. The first-order valence-corrected chi connectivity index (χ1v) is 7.15. The molecule has 1 heterocycles. The van der Waals surface area contributed by atoms with Crippen molar-refractivity contribution in [1.82, 2.24) is 0 Å². The Hall–Kier alpha value is -1.08. The molecule has 3 aliphatic carbocycles. The fourth-order valence-corrected chi connectivity index (χ4v) is 3.79. The smallest absolute Gasteiger partial charge is 0.236 e. The highest BCUT2D eigenvalue weighted by Gasteiger charge is 2.61. The number of hydrogen-bond acceptors (Lipinski definition) is 6. The van der Waals surface area contributed by atoms with E-state index in [1.54, 1.807) is 0 Å². The number of fused-ring (bicyclic) bond motifs is 2. The largest absolute Gasteiger partial charge is 0.347 e. The van der Waals surface area contributed by atoms with Crippen molar-refractivity contribution in [3.05, 3.63) is 11.6 Å². The molecule has 1 saturated heterocycles. The highest BCUT2D eigenvalue weighted by atomic mass is 16.7. The van der Waals surface area contributed by atoms with Crippen LogP contribution in [0, 0.1) is 17.8 Å². The molecule has 3 atom stereocenters. The zero-order valence-electron chi connectivity index (χ0n) is 12.5. The average molecular weight is 296 g/mol. The first kappa shape index (κ1) is 14.8. The maximum atomic E-state index is 12.7. The molecular weight excluding hydrogens is 276 g/mol. The molecule has 0 amide bonds. The summed E-state index contributed by atoms with van der Waals surface area (Å²) in [6, 6.07) is 0. The number of Topliss-reactive ketones (excluding diaryl/α,β-unsaturated/α-hetero) is 2. The molecule has 6 heteroatoms. The van der Waals surface area contributed by atoms with E-state index in [9.17, 15) is 9.59 Å². The van der Waals surface area contributed by atoms with Crippen molar-refractivity contribution >= 4 is 11.6 Å². The highest BCUT2D eigenvalue weighted by Crippen LogP contribution is 2.51. The van der Waals surface area contributed by atoms with Gasteiger partial charge in [0.25, 0.3) is 0 Å². The second-order valence-electron chi connectivity index (χ2n) is 5.71. The maximum Gasteiger partial charge on any atom is 0.236 e. The lowest BCUT2D eigenvalue weighted by Gasteiger charge is -2.50. The van der Waals surface area contributed by atoms with Gasteiger partial charge in [-0.1, -0.05) is 6.08 Å². The van der Waals surface area contributed by atoms with Crippen molar-refractivity contribution < 1.29 is 28.5 Å². The third kappa shape index (κ3) is 2.01. The molecule has 116 valence electrons. The van der Waals surface area contributed by atoms with Gasteiger partial charge < -0.3 is 18.9 Å². The predicted molar refractivity (Wildman–Crippen MR) is 71.3 cm³/mol. The monoisotopic (exact) mass is 296 g/mol. The van der Waals surface area contributed by atoms with E-state index in [2.05, 4.69) is 0 Å². The third-order valence-corrected chi connectivity index (χ3v) is 4.83. The van der Waals surface area contributed by atoms with Crippen molar-refractivity contribution in [3.63, 3.8) is 0 Å². The normalized spacial score (nSPS) is 35.1. The van der Waals surface area contributed by atoms with Crippen LogP contribution in [0.2, 0.25) is 0 Å². The Kier molecular flexibility index (Phi) is 3.73. The summed E-state index contributed by atoms with van der Waals surface area (Å²) in [4.78, 5) is 24.5. The van der Waals surface area contributed by atoms with Gasteiger partial charge in [-0.25, -0.2) is 0 Å². The number of allylic oxidation sites excluding steroid dienone is 1. The molecule has 0 N–H and O–H groups in total. The Balaban J connectivity index is 2.04. The Morgan fingerprint density at radius 3 is 2.43 bits per heavy atom. The van der Waals surface area contributed by atoms with Crippen LogP contribution in [0.3, 0.4) is 0 Å². The molecule has 0 spiro atoms. The van der Waals surface area contributed by atoms with Crippen LogP contribution in [0.1, 0.15) is 13.3 Å². The lowest BCUT2D eigenvalue weighted by atomic mass is 9.60. The van der Waals surface area contributed by atoms with E-state index in [4.69, 9.17) is 18.9 Å². The number of carbonyl (C=O) groups is 2. The minimum absolute atomic E-state index is 0.0164. The van der Waals surface area contributed by atoms with Gasteiger partial charge in [0.1, 0.15) is 5.78 Å². The van der Waals surface area contributed by atoms with Gasteiger partial charge >= 0.3 is 0 Å². The third-order valence-electron chi connectivity index (χ3n) is 4.83. The van der Waals surface area contributed by atoms with Crippen molar-refractivity contribution in [2.24, 2.45) is 17.8 Å². The fourth-order valence-electron chi connectivity index (χ4n) is 3.79. The van der Waals surface area contributed by atoms with Crippen LogP contribution in [0.15, 0.2) is 11.6 Å². The molecule has 4 rings (SSSR count). The van der Waals surface area contributed by atoms with E-state index in [1.165, 1.54) is 21.1 Å². The second-order valence-corrected chi connectivity index (χ2v) is 5.71. The van der Waals surface area contributed by atoms with Gasteiger partial charge in [0.05, 0.1) is 19.1 Å². The summed E-state index contributed by atoms with van der Waals surface area (Å²) < 4.78 is 22.0. The predicted octanol–water partition coefficient (Wildman–Crippen LogP) is 0.699. The molecule has 21 heavy (non-hydrogen) atoms. The van der Waals surface area contributed by atoms with E-state index >= 15 is 0 Å². The Morgan fingerprint density at radius 1 is 1.29 bits per heavy atom. The van der Waals surface area contributed by atoms with Gasteiger partial charge in [0, 0.05) is 26.1 Å². The van der Waals surface area contributed by atoms with Crippen molar-refractivity contribution in [2.45, 2.75) is 25.4 Å². The Labute approximate surface area is 123 Å². The zero-order valence-corrected chi connectivity index (χ0v) is 12.5. The summed E-state index contributed by atoms with van der Waals surface area (Å²) in [6.07, 6.45) is 1.88. The van der Waals surface area contributed by atoms with Crippen LogP contribution >= 0.6 is 0 Å².